The fourth-order valence-electron chi connectivity index (χ4n) is 3.29. The van der Waals surface area contributed by atoms with Crippen LogP contribution in [0.4, 0.5) is 5.69 Å². The van der Waals surface area contributed by atoms with Crippen LogP contribution in [0.3, 0.4) is 0 Å². The average molecular weight is 398 g/mol. The van der Waals surface area contributed by atoms with E-state index in [0.717, 1.165) is 43.2 Å². The monoisotopic (exact) mass is 397 g/mol. The number of anilines is 1. The Morgan fingerprint density at radius 3 is 2.54 bits per heavy atom. The molecule has 1 heterocycles. The maximum Gasteiger partial charge on any atom is 0.251 e. The molecule has 2 N–H and O–H groups in total. The number of amides is 1. The van der Waals surface area contributed by atoms with Crippen molar-refractivity contribution in [3.63, 3.8) is 0 Å². The number of aryl methyl sites for hydroxylation is 1. The zero-order chi connectivity index (χ0) is 19.9. The molecule has 1 saturated heterocycles. The molecular weight excluding hydrogens is 370 g/mol. The SMILES string of the molecule is CCc1ccc(NC(=S)N2CCC(NC(=O)c3cccc(OC)c3)CC2)cc1. The third-order valence-electron chi connectivity index (χ3n) is 5.06. The number of methoxy groups -OCH3 is 1. The molecule has 0 bridgehead atoms. The third kappa shape index (κ3) is 5.23. The van der Waals surface area contributed by atoms with Crippen molar-refractivity contribution in [3.05, 3.63) is 59.7 Å². The van der Waals surface area contributed by atoms with Crippen molar-refractivity contribution >= 4 is 28.9 Å². The van der Waals surface area contributed by atoms with Crippen LogP contribution < -0.4 is 15.4 Å². The number of benzene rings is 2. The first-order valence-corrected chi connectivity index (χ1v) is 10.1. The van der Waals surface area contributed by atoms with Crippen LogP contribution in [0.1, 0.15) is 35.7 Å². The summed E-state index contributed by atoms with van der Waals surface area (Å²) in [4.78, 5) is 14.6. The van der Waals surface area contributed by atoms with Gasteiger partial charge in [-0.1, -0.05) is 25.1 Å². The lowest BCUT2D eigenvalue weighted by Crippen LogP contribution is -2.47. The molecule has 1 aliphatic heterocycles. The molecule has 0 spiro atoms. The number of carbonyl (C=O) groups excluding carboxylic acids is 1. The summed E-state index contributed by atoms with van der Waals surface area (Å²) in [6, 6.07) is 15.7. The molecule has 148 valence electrons. The van der Waals surface area contributed by atoms with Crippen LogP contribution in [0.5, 0.6) is 5.75 Å². The average Bonchev–Trinajstić information content (AvgIpc) is 2.74. The molecule has 6 heteroatoms. The maximum absolute atomic E-state index is 12.5. The van der Waals surface area contributed by atoms with Crippen molar-refractivity contribution in [1.29, 1.82) is 0 Å². The minimum absolute atomic E-state index is 0.0611. The molecule has 3 rings (SSSR count). The molecular formula is C22H27N3O2S. The molecule has 1 fully saturated rings. The zero-order valence-electron chi connectivity index (χ0n) is 16.4. The van der Waals surface area contributed by atoms with Gasteiger partial charge in [0.15, 0.2) is 5.11 Å². The third-order valence-corrected chi connectivity index (χ3v) is 5.42. The summed E-state index contributed by atoms with van der Waals surface area (Å²) in [5.41, 5.74) is 2.94. The number of ether oxygens (including phenoxy) is 1. The number of rotatable bonds is 5. The number of hydrogen-bond acceptors (Lipinski definition) is 3. The van der Waals surface area contributed by atoms with Gasteiger partial charge in [0.2, 0.25) is 0 Å². The molecule has 2 aromatic rings. The molecule has 0 radical (unpaired) electrons. The Labute approximate surface area is 172 Å². The lowest BCUT2D eigenvalue weighted by atomic mass is 10.0. The van der Waals surface area contributed by atoms with E-state index >= 15 is 0 Å². The van der Waals surface area contributed by atoms with E-state index in [1.165, 1.54) is 5.56 Å². The molecule has 0 unspecified atom stereocenters. The van der Waals surface area contributed by atoms with Crippen LogP contribution in [0.15, 0.2) is 48.5 Å². The first-order chi connectivity index (χ1) is 13.6. The summed E-state index contributed by atoms with van der Waals surface area (Å²) >= 11 is 5.56. The van der Waals surface area contributed by atoms with Crippen LogP contribution in [0.2, 0.25) is 0 Å². The molecule has 2 aromatic carbocycles. The highest BCUT2D eigenvalue weighted by atomic mass is 32.1. The lowest BCUT2D eigenvalue weighted by Gasteiger charge is -2.34. The second-order valence-corrected chi connectivity index (χ2v) is 7.33. The van der Waals surface area contributed by atoms with Gasteiger partial charge in [0.05, 0.1) is 7.11 Å². The molecule has 0 saturated carbocycles. The van der Waals surface area contributed by atoms with Gasteiger partial charge in [0.25, 0.3) is 5.91 Å². The van der Waals surface area contributed by atoms with Crippen molar-refractivity contribution in [2.24, 2.45) is 0 Å². The number of thiocarbonyl (C=S) groups is 1. The van der Waals surface area contributed by atoms with Crippen molar-refractivity contribution in [2.75, 3.05) is 25.5 Å². The number of nitrogens with zero attached hydrogens (tertiary/aromatic N) is 1. The molecule has 0 aromatic heterocycles. The first-order valence-electron chi connectivity index (χ1n) is 9.69. The number of likely N-dealkylation sites (tertiary alicyclic amines) is 1. The molecule has 5 nitrogen and oxygen atoms in total. The van der Waals surface area contributed by atoms with Gasteiger partial charge < -0.3 is 20.3 Å². The first kappa shape index (κ1) is 20.1. The van der Waals surface area contributed by atoms with Crippen LogP contribution >= 0.6 is 12.2 Å². The summed E-state index contributed by atoms with van der Waals surface area (Å²) in [6.45, 7) is 3.79. The van der Waals surface area contributed by atoms with Gasteiger partial charge >= 0.3 is 0 Å². The Balaban J connectivity index is 1.48. The van der Waals surface area contributed by atoms with E-state index in [-0.39, 0.29) is 11.9 Å². The number of hydrogen-bond donors (Lipinski definition) is 2. The number of carbonyl (C=O) groups is 1. The van der Waals surface area contributed by atoms with Gasteiger partial charge in [-0.2, -0.15) is 0 Å². The maximum atomic E-state index is 12.5. The number of nitrogens with one attached hydrogen (secondary N) is 2. The topological polar surface area (TPSA) is 53.6 Å². The predicted octanol–water partition coefficient (Wildman–Crippen LogP) is 3.85. The standard InChI is InChI=1S/C22H27N3O2S/c1-3-16-7-9-18(10-8-16)24-22(28)25-13-11-19(12-14-25)23-21(26)17-5-4-6-20(15-17)27-2/h4-10,15,19H,3,11-14H2,1-2H3,(H,23,26)(H,24,28). The molecule has 1 amide bonds. The molecule has 0 aliphatic carbocycles. The Hall–Kier alpha value is -2.60. The number of piperidine rings is 1. The van der Waals surface area contributed by atoms with Crippen molar-refractivity contribution in [2.45, 2.75) is 32.2 Å². The minimum Gasteiger partial charge on any atom is -0.497 e. The van der Waals surface area contributed by atoms with E-state index < -0.39 is 0 Å². The highest BCUT2D eigenvalue weighted by molar-refractivity contribution is 7.80. The van der Waals surface area contributed by atoms with Crippen LogP contribution in [-0.2, 0) is 6.42 Å². The lowest BCUT2D eigenvalue weighted by molar-refractivity contribution is 0.0922. The van der Waals surface area contributed by atoms with Gasteiger partial charge in [-0.05, 0) is 67.4 Å². The van der Waals surface area contributed by atoms with Gasteiger partial charge in [-0.3, -0.25) is 4.79 Å². The molecule has 1 aliphatic rings. The van der Waals surface area contributed by atoms with E-state index in [9.17, 15) is 4.79 Å². The van der Waals surface area contributed by atoms with E-state index in [1.54, 1.807) is 19.2 Å². The van der Waals surface area contributed by atoms with Crippen LogP contribution in [0.25, 0.3) is 0 Å². The van der Waals surface area contributed by atoms with E-state index in [2.05, 4.69) is 46.7 Å². The van der Waals surface area contributed by atoms with E-state index in [0.29, 0.717) is 11.3 Å². The quantitative estimate of drug-likeness (QED) is 0.751. The highest BCUT2D eigenvalue weighted by Crippen LogP contribution is 2.16. The normalized spacial score (nSPS) is 14.4. The zero-order valence-corrected chi connectivity index (χ0v) is 17.2. The summed E-state index contributed by atoms with van der Waals surface area (Å²) in [5, 5.41) is 7.17. The fraction of sp³-hybridized carbons (Fsp3) is 0.364. The van der Waals surface area contributed by atoms with E-state index in [1.807, 2.05) is 12.1 Å². The fourth-order valence-corrected chi connectivity index (χ4v) is 3.59. The van der Waals surface area contributed by atoms with Crippen molar-refractivity contribution in [3.8, 4) is 5.75 Å². The summed E-state index contributed by atoms with van der Waals surface area (Å²) in [5.74, 6) is 0.625. The summed E-state index contributed by atoms with van der Waals surface area (Å²) < 4.78 is 5.19. The van der Waals surface area contributed by atoms with Gasteiger partial charge in [-0.15, -0.1) is 0 Å². The van der Waals surface area contributed by atoms with E-state index in [4.69, 9.17) is 17.0 Å². The summed E-state index contributed by atoms with van der Waals surface area (Å²) in [6.07, 6.45) is 2.76. The Morgan fingerprint density at radius 1 is 1.18 bits per heavy atom. The minimum atomic E-state index is -0.0611. The van der Waals surface area contributed by atoms with Gasteiger partial charge in [0, 0.05) is 30.4 Å². The van der Waals surface area contributed by atoms with Crippen LogP contribution in [-0.4, -0.2) is 42.2 Å². The Morgan fingerprint density at radius 2 is 1.89 bits per heavy atom. The van der Waals surface area contributed by atoms with Gasteiger partial charge in [-0.25, -0.2) is 0 Å². The predicted molar refractivity (Wildman–Crippen MR) is 117 cm³/mol. The second-order valence-electron chi connectivity index (χ2n) is 6.95. The Bertz CT molecular complexity index is 815. The van der Waals surface area contributed by atoms with Crippen molar-refractivity contribution < 1.29 is 9.53 Å². The van der Waals surface area contributed by atoms with Crippen molar-refractivity contribution in [1.82, 2.24) is 10.2 Å². The van der Waals surface area contributed by atoms with Gasteiger partial charge in [0.1, 0.15) is 5.75 Å². The molecule has 0 atom stereocenters. The largest absolute Gasteiger partial charge is 0.497 e. The second kappa shape index (κ2) is 9.55. The Kier molecular flexibility index (Phi) is 6.87. The highest BCUT2D eigenvalue weighted by Gasteiger charge is 2.22. The summed E-state index contributed by atoms with van der Waals surface area (Å²) in [7, 11) is 1.60. The van der Waals surface area contributed by atoms with Crippen LogP contribution in [0, 0.1) is 0 Å². The smallest absolute Gasteiger partial charge is 0.251 e. The molecule has 28 heavy (non-hydrogen) atoms.